The zero-order chi connectivity index (χ0) is 15.5. The molecule has 0 aliphatic rings. The molecule has 1 aromatic heterocycles. The molecule has 22 heavy (non-hydrogen) atoms. The van der Waals surface area contributed by atoms with Crippen LogP contribution in [-0.2, 0) is 0 Å². The van der Waals surface area contributed by atoms with Gasteiger partial charge in [-0.1, -0.05) is 34.5 Å². The monoisotopic (exact) mass is 314 g/mol. The van der Waals surface area contributed by atoms with Crippen LogP contribution in [0.15, 0.2) is 53.1 Å². The second-order valence-corrected chi connectivity index (χ2v) is 5.47. The van der Waals surface area contributed by atoms with Gasteiger partial charge in [0.2, 0.25) is 5.82 Å². The predicted octanol–water partition coefficient (Wildman–Crippen LogP) is 4.84. The fourth-order valence-electron chi connectivity index (χ4n) is 1.99. The molecule has 0 saturated heterocycles. The van der Waals surface area contributed by atoms with Crippen molar-refractivity contribution < 1.29 is 9.26 Å². The van der Waals surface area contributed by atoms with Gasteiger partial charge in [-0.25, -0.2) is 0 Å². The molecular weight excluding hydrogens is 300 g/mol. The first-order chi connectivity index (χ1) is 10.6. The molecule has 4 nitrogen and oxygen atoms in total. The molecule has 2 aromatic carbocycles. The van der Waals surface area contributed by atoms with Crippen molar-refractivity contribution in [2.45, 2.75) is 20.0 Å². The molecular formula is C17H15ClN2O2. The minimum Gasteiger partial charge on any atom is -0.481 e. The Labute approximate surface area is 133 Å². The van der Waals surface area contributed by atoms with Gasteiger partial charge in [0.1, 0.15) is 5.75 Å². The minimum atomic E-state index is -0.323. The van der Waals surface area contributed by atoms with Crippen LogP contribution in [-0.4, -0.2) is 10.1 Å². The van der Waals surface area contributed by atoms with Gasteiger partial charge in [-0.2, -0.15) is 4.98 Å². The van der Waals surface area contributed by atoms with E-state index in [4.69, 9.17) is 20.9 Å². The van der Waals surface area contributed by atoms with Crippen molar-refractivity contribution in [3.05, 3.63) is 65.0 Å². The Kier molecular flexibility index (Phi) is 4.11. The third kappa shape index (κ3) is 3.28. The summed E-state index contributed by atoms with van der Waals surface area (Å²) in [6.07, 6.45) is -0.323. The van der Waals surface area contributed by atoms with Crippen molar-refractivity contribution in [1.29, 1.82) is 0 Å². The lowest BCUT2D eigenvalue weighted by atomic mass is 10.2. The van der Waals surface area contributed by atoms with Gasteiger partial charge < -0.3 is 9.26 Å². The van der Waals surface area contributed by atoms with E-state index in [0.29, 0.717) is 16.7 Å². The SMILES string of the molecule is Cc1ccc(O[C@H](C)c2nc(-c3ccc(Cl)cc3)no2)cc1. The van der Waals surface area contributed by atoms with Gasteiger partial charge in [-0.05, 0) is 50.2 Å². The van der Waals surface area contributed by atoms with Crippen molar-refractivity contribution in [2.75, 3.05) is 0 Å². The van der Waals surface area contributed by atoms with Crippen molar-refractivity contribution in [2.24, 2.45) is 0 Å². The molecule has 1 heterocycles. The van der Waals surface area contributed by atoms with Crippen LogP contribution in [0.3, 0.4) is 0 Å². The van der Waals surface area contributed by atoms with Gasteiger partial charge in [0, 0.05) is 10.6 Å². The Bertz CT molecular complexity index is 751. The Morgan fingerprint density at radius 2 is 1.73 bits per heavy atom. The lowest BCUT2D eigenvalue weighted by Crippen LogP contribution is -2.03. The molecule has 0 fully saturated rings. The molecule has 0 bridgehead atoms. The van der Waals surface area contributed by atoms with Crippen LogP contribution < -0.4 is 4.74 Å². The van der Waals surface area contributed by atoms with Crippen LogP contribution in [0, 0.1) is 6.92 Å². The first kappa shape index (κ1) is 14.6. The van der Waals surface area contributed by atoms with Crippen LogP contribution in [0.1, 0.15) is 24.5 Å². The number of nitrogens with zero attached hydrogens (tertiary/aromatic N) is 2. The van der Waals surface area contributed by atoms with Gasteiger partial charge in [0.25, 0.3) is 5.89 Å². The highest BCUT2D eigenvalue weighted by molar-refractivity contribution is 6.30. The molecule has 5 heteroatoms. The van der Waals surface area contributed by atoms with Crippen LogP contribution in [0.25, 0.3) is 11.4 Å². The van der Waals surface area contributed by atoms with E-state index >= 15 is 0 Å². The van der Waals surface area contributed by atoms with E-state index < -0.39 is 0 Å². The molecule has 0 saturated carbocycles. The maximum Gasteiger partial charge on any atom is 0.267 e. The van der Waals surface area contributed by atoms with Crippen molar-refractivity contribution in [3.63, 3.8) is 0 Å². The van der Waals surface area contributed by atoms with Crippen LogP contribution >= 0.6 is 11.6 Å². The number of rotatable bonds is 4. The summed E-state index contributed by atoms with van der Waals surface area (Å²) in [5.74, 6) is 1.72. The van der Waals surface area contributed by atoms with E-state index in [2.05, 4.69) is 10.1 Å². The second-order valence-electron chi connectivity index (χ2n) is 5.04. The Morgan fingerprint density at radius 1 is 1.05 bits per heavy atom. The molecule has 0 aliphatic carbocycles. The highest BCUT2D eigenvalue weighted by Crippen LogP contribution is 2.24. The van der Waals surface area contributed by atoms with Gasteiger partial charge >= 0.3 is 0 Å². The number of aromatic nitrogens is 2. The highest BCUT2D eigenvalue weighted by Gasteiger charge is 2.16. The average Bonchev–Trinajstić information content (AvgIpc) is 3.00. The lowest BCUT2D eigenvalue weighted by Gasteiger charge is -2.10. The molecule has 0 spiro atoms. The molecule has 0 radical (unpaired) electrons. The standard InChI is InChI=1S/C17H15ClN2O2/c1-11-3-9-15(10-4-11)21-12(2)17-19-16(20-22-17)13-5-7-14(18)8-6-13/h3-10,12H,1-2H3/t12-/m1/s1. The summed E-state index contributed by atoms with van der Waals surface area (Å²) < 4.78 is 11.1. The maximum atomic E-state index is 5.87. The maximum absolute atomic E-state index is 5.87. The number of hydrogen-bond acceptors (Lipinski definition) is 4. The van der Waals surface area contributed by atoms with Gasteiger partial charge in [-0.15, -0.1) is 0 Å². The number of hydrogen-bond donors (Lipinski definition) is 0. The third-order valence-corrected chi connectivity index (χ3v) is 3.48. The first-order valence-electron chi connectivity index (χ1n) is 6.95. The molecule has 0 N–H and O–H groups in total. The topological polar surface area (TPSA) is 48.2 Å². The summed E-state index contributed by atoms with van der Waals surface area (Å²) in [4.78, 5) is 4.38. The smallest absolute Gasteiger partial charge is 0.267 e. The van der Waals surface area contributed by atoms with Crippen molar-refractivity contribution in [3.8, 4) is 17.1 Å². The van der Waals surface area contributed by atoms with Crippen LogP contribution in [0.2, 0.25) is 5.02 Å². The normalized spacial score (nSPS) is 12.1. The molecule has 3 rings (SSSR count). The summed E-state index contributed by atoms with van der Waals surface area (Å²) >= 11 is 5.87. The minimum absolute atomic E-state index is 0.323. The third-order valence-electron chi connectivity index (χ3n) is 3.23. The van der Waals surface area contributed by atoms with Gasteiger partial charge in [-0.3, -0.25) is 0 Å². The van der Waals surface area contributed by atoms with Gasteiger partial charge in [0.15, 0.2) is 6.10 Å². The quantitative estimate of drug-likeness (QED) is 0.691. The van der Waals surface area contributed by atoms with E-state index in [1.807, 2.05) is 50.2 Å². The lowest BCUT2D eigenvalue weighted by molar-refractivity contribution is 0.176. The second kappa shape index (κ2) is 6.20. The Morgan fingerprint density at radius 3 is 2.41 bits per heavy atom. The van der Waals surface area contributed by atoms with E-state index in [-0.39, 0.29) is 6.10 Å². The fraction of sp³-hybridized carbons (Fsp3) is 0.176. The van der Waals surface area contributed by atoms with Gasteiger partial charge in [0.05, 0.1) is 0 Å². The Hall–Kier alpha value is -2.33. The summed E-state index contributed by atoms with van der Waals surface area (Å²) in [6, 6.07) is 15.1. The van der Waals surface area contributed by atoms with Crippen LogP contribution in [0.5, 0.6) is 5.75 Å². The van der Waals surface area contributed by atoms with E-state index in [0.717, 1.165) is 11.3 Å². The summed E-state index contributed by atoms with van der Waals surface area (Å²) in [5.41, 5.74) is 2.03. The zero-order valence-corrected chi connectivity index (χ0v) is 13.0. The van der Waals surface area contributed by atoms with E-state index in [1.165, 1.54) is 5.56 Å². The largest absolute Gasteiger partial charge is 0.481 e. The molecule has 1 atom stereocenters. The number of aryl methyl sites for hydroxylation is 1. The zero-order valence-electron chi connectivity index (χ0n) is 12.3. The van der Waals surface area contributed by atoms with Crippen molar-refractivity contribution in [1.82, 2.24) is 10.1 Å². The van der Waals surface area contributed by atoms with Crippen LogP contribution in [0.4, 0.5) is 0 Å². The fourth-order valence-corrected chi connectivity index (χ4v) is 2.11. The Balaban J connectivity index is 1.75. The summed E-state index contributed by atoms with van der Waals surface area (Å²) in [6.45, 7) is 3.91. The van der Waals surface area contributed by atoms with E-state index in [9.17, 15) is 0 Å². The molecule has 112 valence electrons. The summed E-state index contributed by atoms with van der Waals surface area (Å²) in [5, 5.41) is 4.65. The van der Waals surface area contributed by atoms with Crippen molar-refractivity contribution >= 4 is 11.6 Å². The van der Waals surface area contributed by atoms with E-state index in [1.54, 1.807) is 12.1 Å². The predicted molar refractivity (Wildman–Crippen MR) is 85.0 cm³/mol. The molecule has 0 amide bonds. The molecule has 0 unspecified atom stereocenters. The summed E-state index contributed by atoms with van der Waals surface area (Å²) in [7, 11) is 0. The first-order valence-corrected chi connectivity index (χ1v) is 7.32. The average molecular weight is 315 g/mol. The molecule has 0 aliphatic heterocycles. The number of halogens is 1. The number of ether oxygens (including phenoxy) is 1. The number of benzene rings is 2. The molecule has 3 aromatic rings. The highest BCUT2D eigenvalue weighted by atomic mass is 35.5.